The van der Waals surface area contributed by atoms with Crippen LogP contribution in [0.2, 0.25) is 0 Å². The van der Waals surface area contributed by atoms with E-state index in [9.17, 15) is 57.6 Å². The van der Waals surface area contributed by atoms with E-state index >= 15 is 0 Å². The molecule has 4 fully saturated rings. The van der Waals surface area contributed by atoms with E-state index in [4.69, 9.17) is 21.4 Å². The number of nitrogens with zero attached hydrogens (tertiary/aromatic N) is 10. The molecule has 24 nitrogen and oxygen atoms in total. The first-order valence-corrected chi connectivity index (χ1v) is 32.3. The lowest BCUT2D eigenvalue weighted by molar-refractivity contribution is -0.145. The number of benzene rings is 2. The van der Waals surface area contributed by atoms with E-state index in [1.165, 1.54) is 6.07 Å². The minimum Gasteiger partial charge on any atom is -0.356 e. The molecule has 2 atom stereocenters. The average molecular weight is 1280 g/mol. The van der Waals surface area contributed by atoms with Crippen LogP contribution in [0.25, 0.3) is 0 Å². The zero-order chi connectivity index (χ0) is 64.2. The zero-order valence-corrected chi connectivity index (χ0v) is 50.3. The van der Waals surface area contributed by atoms with Gasteiger partial charge < -0.3 is 46.6 Å². The number of nitrogens with one attached hydrogen (secondary N) is 4. The van der Waals surface area contributed by atoms with Crippen LogP contribution in [0.15, 0.2) is 60.7 Å². The second-order valence-corrected chi connectivity index (χ2v) is 25.1. The van der Waals surface area contributed by atoms with Crippen molar-refractivity contribution in [3.63, 3.8) is 0 Å². The number of aromatic nitrogens is 4. The lowest BCUT2D eigenvalue weighted by Gasteiger charge is -2.41. The van der Waals surface area contributed by atoms with Crippen LogP contribution in [0.4, 0.5) is 54.4 Å². The van der Waals surface area contributed by atoms with Gasteiger partial charge in [0.25, 0.3) is 0 Å². The van der Waals surface area contributed by atoms with Gasteiger partial charge in [-0.25, -0.2) is 51.8 Å². The van der Waals surface area contributed by atoms with Gasteiger partial charge >= 0.3 is 18.4 Å². The standard InChI is InChI=1S/C28H36F3N9O4S.C25H30F3N7O.C3H9NO2S/c29-28(30,31)26-37-23(39-13-7-20(8-14-39)6-11-35-27(42)36-12-16-45(33,43)44)17-24(38-26)40-15-9-22(40)25(41)34-10-5-19-1-3-21(18-32)4-2-19;26-25(27,28)24-32-21(34-12-7-18(5-10-29)8-13-34)15-22(33-24)35-14-9-20(35)23(36)31-11-6-17-1-3-19(16-30)4-2-17;1-2-3-7(4,5)6/h1-4,17,20,22H,5-16H2,(H,34,41)(H2,33,43,44)(H2,35,36,42);1-4,15,18,20H,5-14,29H2,(H,31,36);2-3H2,1H3,(H2,4,5,6)/t22-;20-;/m00./s1. The fraction of sp³-hybridized carbons (Fsp3) is 0.554. The Kier molecular flexibility index (Phi) is 25.3. The van der Waals surface area contributed by atoms with E-state index in [1.807, 2.05) is 35.2 Å². The number of anilines is 4. The summed E-state index contributed by atoms with van der Waals surface area (Å²) in [5, 5.41) is 38.1. The van der Waals surface area contributed by atoms with E-state index in [1.54, 1.807) is 52.0 Å². The maximum atomic E-state index is 13.8. The molecule has 2 aromatic carbocycles. The number of carbonyl (C=O) groups is 3. The average Bonchev–Trinajstić information content (AvgIpc) is 1.32. The molecule has 0 unspecified atom stereocenters. The summed E-state index contributed by atoms with van der Waals surface area (Å²) in [4.78, 5) is 59.5. The second-order valence-electron chi connectivity index (χ2n) is 21.7. The first kappa shape index (κ1) is 69.5. The number of urea groups is 1. The summed E-state index contributed by atoms with van der Waals surface area (Å²) in [7, 11) is -6.84. The number of sulfonamides is 2. The van der Waals surface area contributed by atoms with Crippen molar-refractivity contribution in [2.45, 2.75) is 102 Å². The van der Waals surface area contributed by atoms with E-state index in [-0.39, 0.29) is 59.1 Å². The van der Waals surface area contributed by atoms with Gasteiger partial charge in [-0.1, -0.05) is 31.2 Å². The van der Waals surface area contributed by atoms with Gasteiger partial charge in [0.15, 0.2) is 0 Å². The summed E-state index contributed by atoms with van der Waals surface area (Å²) < 4.78 is 124. The normalized spacial score (nSPS) is 17.3. The molecule has 88 heavy (non-hydrogen) atoms. The molecule has 4 aliphatic rings. The Morgan fingerprint density at radius 2 is 0.943 bits per heavy atom. The molecule has 4 saturated heterocycles. The fourth-order valence-corrected chi connectivity index (χ4v) is 11.1. The van der Waals surface area contributed by atoms with Gasteiger partial charge in [-0.05, 0) is 124 Å². The van der Waals surface area contributed by atoms with Crippen molar-refractivity contribution in [3.05, 3.63) is 94.6 Å². The topological polar surface area (TPSA) is 358 Å². The van der Waals surface area contributed by atoms with E-state index < -0.39 is 62.2 Å². The summed E-state index contributed by atoms with van der Waals surface area (Å²) >= 11 is 0. The van der Waals surface area contributed by atoms with E-state index in [0.717, 1.165) is 30.4 Å². The molecular weight excluding hydrogens is 1200 g/mol. The van der Waals surface area contributed by atoms with Crippen LogP contribution in [0, 0.1) is 34.5 Å². The van der Waals surface area contributed by atoms with Crippen LogP contribution in [0.1, 0.15) is 98.6 Å². The Morgan fingerprint density at radius 3 is 1.27 bits per heavy atom. The first-order chi connectivity index (χ1) is 41.7. The Morgan fingerprint density at radius 1 is 0.557 bits per heavy atom. The zero-order valence-electron chi connectivity index (χ0n) is 48.7. The molecule has 10 N–H and O–H groups in total. The van der Waals surface area contributed by atoms with E-state index in [2.05, 4.69) is 52.4 Å². The van der Waals surface area contributed by atoms with Crippen molar-refractivity contribution in [2.75, 3.05) is 103 Å². The second kappa shape index (κ2) is 32.0. The van der Waals surface area contributed by atoms with Crippen LogP contribution < -0.4 is 56.9 Å². The summed E-state index contributed by atoms with van der Waals surface area (Å²) in [6.07, 6.45) is -2.12. The first-order valence-electron chi connectivity index (χ1n) is 28.9. The van der Waals surface area contributed by atoms with Crippen LogP contribution in [0.5, 0.6) is 0 Å². The van der Waals surface area contributed by atoms with Crippen LogP contribution >= 0.6 is 0 Å². The fourth-order valence-electron chi connectivity index (χ4n) is 10.2. The molecule has 2 aromatic heterocycles. The van der Waals surface area contributed by atoms with Crippen molar-refractivity contribution in [3.8, 4) is 12.1 Å². The molecule has 0 aliphatic carbocycles. The third-order valence-corrected chi connectivity index (χ3v) is 16.9. The molecule has 8 rings (SSSR count). The number of nitriles is 2. The Labute approximate surface area is 508 Å². The highest BCUT2D eigenvalue weighted by molar-refractivity contribution is 7.89. The van der Waals surface area contributed by atoms with Gasteiger partial charge in [0, 0.05) is 77.6 Å². The molecule has 0 saturated carbocycles. The number of amides is 4. The molecule has 4 aliphatic heterocycles. The number of alkyl halides is 6. The quantitative estimate of drug-likeness (QED) is 0.0546. The van der Waals surface area contributed by atoms with Gasteiger partial charge in [0.05, 0.1) is 34.8 Å². The maximum Gasteiger partial charge on any atom is 0.451 e. The summed E-state index contributed by atoms with van der Waals surface area (Å²) in [6, 6.07) is 19.6. The highest BCUT2D eigenvalue weighted by Crippen LogP contribution is 2.37. The Hall–Kier alpha value is -7.65. The SMILES string of the molecule is CCCS(N)(=O)=O.N#Cc1ccc(CCNC(=O)[C@@H]2CCN2c2cc(N3CCC(CCN)CC3)nc(C(F)(F)F)n2)cc1.N#Cc1ccc(CCNC(=O)[C@@H]2CCN2c2cc(N3CCC(CCNC(=O)NCCS(N)(=O)=O)CC3)nc(C(F)(F)F)n2)cc1. The third kappa shape index (κ3) is 21.9. The molecule has 0 spiro atoms. The molecule has 0 bridgehead atoms. The summed E-state index contributed by atoms with van der Waals surface area (Å²) in [5.74, 6) is -2.02. The number of hydrogen-bond acceptors (Lipinski definition) is 18. The predicted octanol–water partition coefficient (Wildman–Crippen LogP) is 4.05. The number of piperidine rings is 2. The summed E-state index contributed by atoms with van der Waals surface area (Å²) in [6.45, 7) is 6.30. The van der Waals surface area contributed by atoms with E-state index in [0.29, 0.717) is 134 Å². The highest BCUT2D eigenvalue weighted by Gasteiger charge is 2.42. The van der Waals surface area contributed by atoms with Gasteiger partial charge in [-0.2, -0.15) is 36.9 Å². The molecule has 480 valence electrons. The van der Waals surface area contributed by atoms with Crippen molar-refractivity contribution in [1.82, 2.24) is 41.2 Å². The monoisotopic (exact) mass is 1280 g/mol. The molecule has 0 radical (unpaired) electrons. The third-order valence-electron chi connectivity index (χ3n) is 15.2. The number of hydrogen-bond donors (Lipinski definition) is 7. The number of rotatable bonds is 22. The highest BCUT2D eigenvalue weighted by atomic mass is 32.2. The van der Waals surface area contributed by atoms with Crippen molar-refractivity contribution in [2.24, 2.45) is 27.8 Å². The van der Waals surface area contributed by atoms with Crippen molar-refractivity contribution < 1.29 is 57.6 Å². The van der Waals surface area contributed by atoms with Gasteiger partial charge in [0.1, 0.15) is 35.4 Å². The minimum absolute atomic E-state index is 0.0468. The van der Waals surface area contributed by atoms with Gasteiger partial charge in [0.2, 0.25) is 43.5 Å². The molecule has 4 amide bonds. The van der Waals surface area contributed by atoms with Crippen molar-refractivity contribution in [1.29, 1.82) is 10.5 Å². The lowest BCUT2D eigenvalue weighted by Crippen LogP contribution is -2.57. The molecule has 4 aromatic rings. The Bertz CT molecular complexity index is 3280. The smallest absolute Gasteiger partial charge is 0.356 e. The molecule has 6 heterocycles. The largest absolute Gasteiger partial charge is 0.451 e. The van der Waals surface area contributed by atoms with Crippen LogP contribution in [-0.2, 0) is 54.8 Å². The lowest BCUT2D eigenvalue weighted by atomic mass is 9.93. The number of nitrogens with two attached hydrogens (primary N) is 3. The number of carbonyl (C=O) groups excluding carboxylic acids is 3. The predicted molar refractivity (Wildman–Crippen MR) is 317 cm³/mol. The number of halogens is 6. The van der Waals surface area contributed by atoms with Gasteiger partial charge in [-0.3, -0.25) is 9.59 Å². The van der Waals surface area contributed by atoms with Gasteiger partial charge in [-0.15, -0.1) is 0 Å². The summed E-state index contributed by atoms with van der Waals surface area (Å²) in [5.41, 5.74) is 8.67. The van der Waals surface area contributed by atoms with Crippen LogP contribution in [-0.4, -0.2) is 150 Å². The molecular formula is C56H75F6N17O7S2. The molecule has 32 heteroatoms. The minimum atomic E-state index is -4.77. The van der Waals surface area contributed by atoms with Crippen LogP contribution in [0.3, 0.4) is 0 Å². The number of primary sulfonamides is 2. The van der Waals surface area contributed by atoms with Crippen molar-refractivity contribution >= 4 is 61.2 Å². The maximum absolute atomic E-state index is 13.8. The Balaban J connectivity index is 0.000000258.